The molecule has 0 unspecified atom stereocenters. The van der Waals surface area contributed by atoms with E-state index in [1.165, 1.54) is 19.4 Å². The number of nitrogens with zero attached hydrogens (tertiary/aromatic N) is 1. The highest BCUT2D eigenvalue weighted by atomic mass is 16.5. The summed E-state index contributed by atoms with van der Waals surface area (Å²) in [7, 11) is 3.78. The summed E-state index contributed by atoms with van der Waals surface area (Å²) >= 11 is 0. The molecule has 0 aromatic heterocycles. The second-order valence-corrected chi connectivity index (χ2v) is 5.63. The number of ether oxygens (including phenoxy) is 1. The van der Waals surface area contributed by atoms with Crippen molar-refractivity contribution in [1.82, 2.24) is 10.2 Å². The van der Waals surface area contributed by atoms with E-state index in [1.54, 1.807) is 7.11 Å². The van der Waals surface area contributed by atoms with Crippen molar-refractivity contribution in [3.8, 4) is 5.75 Å². The van der Waals surface area contributed by atoms with Gasteiger partial charge in [0.05, 0.1) is 7.11 Å². The third-order valence-electron chi connectivity index (χ3n) is 4.10. The fourth-order valence-electron chi connectivity index (χ4n) is 2.77. The molecule has 1 saturated heterocycles. The zero-order valence-electron chi connectivity index (χ0n) is 13.1. The monoisotopic (exact) mass is 291 g/mol. The molecule has 21 heavy (non-hydrogen) atoms. The summed E-state index contributed by atoms with van der Waals surface area (Å²) in [6.07, 6.45) is 3.49. The van der Waals surface area contributed by atoms with Crippen LogP contribution in [0.25, 0.3) is 0 Å². The Morgan fingerprint density at radius 1 is 1.48 bits per heavy atom. The van der Waals surface area contributed by atoms with Crippen LogP contribution in [-0.4, -0.2) is 44.2 Å². The molecule has 2 N–H and O–H groups in total. The van der Waals surface area contributed by atoms with Gasteiger partial charge in [-0.2, -0.15) is 0 Å². The summed E-state index contributed by atoms with van der Waals surface area (Å²) in [4.78, 5) is 14.2. The van der Waals surface area contributed by atoms with Gasteiger partial charge in [-0.05, 0) is 51.4 Å². The van der Waals surface area contributed by atoms with E-state index in [9.17, 15) is 4.79 Å². The largest absolute Gasteiger partial charge is 0.496 e. The van der Waals surface area contributed by atoms with Crippen molar-refractivity contribution in [3.05, 3.63) is 23.8 Å². The first-order chi connectivity index (χ1) is 10.1. The third-order valence-corrected chi connectivity index (χ3v) is 4.10. The molecule has 1 aliphatic heterocycles. The quantitative estimate of drug-likeness (QED) is 0.877. The summed E-state index contributed by atoms with van der Waals surface area (Å²) in [5.41, 5.74) is 1.79. The van der Waals surface area contributed by atoms with Crippen molar-refractivity contribution in [2.24, 2.45) is 0 Å². The molecule has 2 rings (SSSR count). The average Bonchev–Trinajstić information content (AvgIpc) is 2.86. The number of likely N-dealkylation sites (tertiary alicyclic amines) is 1. The van der Waals surface area contributed by atoms with Gasteiger partial charge in [0.2, 0.25) is 0 Å². The van der Waals surface area contributed by atoms with Gasteiger partial charge in [-0.3, -0.25) is 0 Å². The van der Waals surface area contributed by atoms with E-state index >= 15 is 0 Å². The van der Waals surface area contributed by atoms with E-state index in [-0.39, 0.29) is 6.03 Å². The smallest absolute Gasteiger partial charge is 0.319 e. The van der Waals surface area contributed by atoms with Gasteiger partial charge in [-0.25, -0.2) is 4.79 Å². The van der Waals surface area contributed by atoms with Gasteiger partial charge in [-0.15, -0.1) is 0 Å². The molecule has 0 bridgehead atoms. The first-order valence-corrected chi connectivity index (χ1v) is 7.50. The first kappa shape index (κ1) is 15.6. The minimum atomic E-state index is -0.165. The van der Waals surface area contributed by atoms with Crippen LogP contribution in [0.4, 0.5) is 10.5 Å². The minimum absolute atomic E-state index is 0.165. The Kier molecular flexibility index (Phi) is 5.44. The van der Waals surface area contributed by atoms with Crippen LogP contribution in [0.5, 0.6) is 5.75 Å². The molecule has 116 valence electrons. The molecule has 1 aromatic rings. The van der Waals surface area contributed by atoms with Crippen molar-refractivity contribution in [3.63, 3.8) is 0 Å². The molecule has 1 heterocycles. The number of nitrogens with one attached hydrogen (secondary N) is 2. The molecule has 1 aromatic carbocycles. The Labute approximate surface area is 126 Å². The van der Waals surface area contributed by atoms with Gasteiger partial charge in [0.15, 0.2) is 0 Å². The van der Waals surface area contributed by atoms with E-state index in [0.29, 0.717) is 12.6 Å². The number of benzene rings is 1. The van der Waals surface area contributed by atoms with Crippen LogP contribution >= 0.6 is 0 Å². The maximum absolute atomic E-state index is 11.9. The summed E-state index contributed by atoms with van der Waals surface area (Å²) in [6.45, 7) is 3.84. The van der Waals surface area contributed by atoms with E-state index in [1.807, 2.05) is 25.1 Å². The average molecular weight is 291 g/mol. The molecule has 0 spiro atoms. The van der Waals surface area contributed by atoms with Crippen molar-refractivity contribution in [1.29, 1.82) is 0 Å². The second kappa shape index (κ2) is 7.31. The van der Waals surface area contributed by atoms with Gasteiger partial charge >= 0.3 is 6.03 Å². The fraction of sp³-hybridized carbons (Fsp3) is 0.562. The molecule has 0 saturated carbocycles. The Hall–Kier alpha value is -1.75. The van der Waals surface area contributed by atoms with Crippen LogP contribution in [0.1, 0.15) is 24.8 Å². The lowest BCUT2D eigenvalue weighted by molar-refractivity contribution is 0.248. The van der Waals surface area contributed by atoms with Gasteiger partial charge in [0, 0.05) is 24.3 Å². The third kappa shape index (κ3) is 4.36. The number of methoxy groups -OCH3 is 1. The lowest BCUT2D eigenvalue weighted by Gasteiger charge is -2.19. The molecule has 2 amide bonds. The number of urea groups is 1. The van der Waals surface area contributed by atoms with Crippen molar-refractivity contribution in [2.75, 3.05) is 32.6 Å². The summed E-state index contributed by atoms with van der Waals surface area (Å²) in [6, 6.07) is 6.08. The number of anilines is 1. The number of carbonyl (C=O) groups is 1. The lowest BCUT2D eigenvalue weighted by atomic mass is 10.1. The zero-order chi connectivity index (χ0) is 15.2. The highest BCUT2D eigenvalue weighted by molar-refractivity contribution is 5.89. The normalized spacial score (nSPS) is 18.5. The highest BCUT2D eigenvalue weighted by Gasteiger charge is 2.20. The number of aryl methyl sites for hydroxylation is 1. The Morgan fingerprint density at radius 2 is 2.29 bits per heavy atom. The molecule has 1 fully saturated rings. The summed E-state index contributed by atoms with van der Waals surface area (Å²) in [5, 5.41) is 5.75. The van der Waals surface area contributed by atoms with Gasteiger partial charge in [0.1, 0.15) is 5.75 Å². The van der Waals surface area contributed by atoms with Gasteiger partial charge in [-0.1, -0.05) is 6.07 Å². The standard InChI is InChI=1S/C16H25N3O2/c1-12-6-7-13(11-15(12)21-3)18-16(20)17-9-8-14-5-4-10-19(14)2/h6-7,11,14H,4-5,8-10H2,1-3H3,(H2,17,18,20)/t14-/m1/s1. The van der Waals surface area contributed by atoms with Crippen LogP contribution in [0, 0.1) is 6.92 Å². The van der Waals surface area contributed by atoms with Crippen molar-refractivity contribution in [2.45, 2.75) is 32.2 Å². The molecule has 5 nitrogen and oxygen atoms in total. The fourth-order valence-corrected chi connectivity index (χ4v) is 2.77. The van der Waals surface area contributed by atoms with Crippen LogP contribution in [0.2, 0.25) is 0 Å². The summed E-state index contributed by atoms with van der Waals surface area (Å²) in [5.74, 6) is 0.778. The minimum Gasteiger partial charge on any atom is -0.496 e. The molecule has 5 heteroatoms. The molecule has 0 aliphatic carbocycles. The Bertz CT molecular complexity index is 490. The number of amides is 2. The second-order valence-electron chi connectivity index (χ2n) is 5.63. The van der Waals surface area contributed by atoms with Gasteiger partial charge in [0.25, 0.3) is 0 Å². The SMILES string of the molecule is COc1cc(NC(=O)NCC[C@H]2CCCN2C)ccc1C. The molecular formula is C16H25N3O2. The van der Waals surface area contributed by atoms with Crippen LogP contribution < -0.4 is 15.4 Å². The Balaban J connectivity index is 1.76. The topological polar surface area (TPSA) is 53.6 Å². The maximum atomic E-state index is 11.9. The van der Waals surface area contributed by atoms with Crippen LogP contribution in [0.15, 0.2) is 18.2 Å². The molecular weight excluding hydrogens is 266 g/mol. The predicted molar refractivity (Wildman–Crippen MR) is 85.0 cm³/mol. The molecule has 1 atom stereocenters. The number of carbonyl (C=O) groups excluding carboxylic acids is 1. The van der Waals surface area contributed by atoms with E-state index in [0.717, 1.165) is 23.4 Å². The van der Waals surface area contributed by atoms with Crippen molar-refractivity contribution >= 4 is 11.7 Å². The summed E-state index contributed by atoms with van der Waals surface area (Å²) < 4.78 is 5.25. The lowest BCUT2D eigenvalue weighted by Crippen LogP contribution is -2.34. The zero-order valence-corrected chi connectivity index (χ0v) is 13.1. The van der Waals surface area contributed by atoms with E-state index < -0.39 is 0 Å². The first-order valence-electron chi connectivity index (χ1n) is 7.50. The predicted octanol–water partition coefficient (Wildman–Crippen LogP) is 2.61. The molecule has 1 aliphatic rings. The number of hydrogen-bond acceptors (Lipinski definition) is 3. The number of hydrogen-bond donors (Lipinski definition) is 2. The van der Waals surface area contributed by atoms with Gasteiger partial charge < -0.3 is 20.3 Å². The highest BCUT2D eigenvalue weighted by Crippen LogP contribution is 2.22. The van der Waals surface area contributed by atoms with E-state index in [4.69, 9.17) is 4.74 Å². The van der Waals surface area contributed by atoms with E-state index in [2.05, 4.69) is 22.6 Å². The van der Waals surface area contributed by atoms with Crippen LogP contribution in [-0.2, 0) is 0 Å². The number of rotatable bonds is 5. The molecule has 0 radical (unpaired) electrons. The Morgan fingerprint density at radius 3 is 2.95 bits per heavy atom. The maximum Gasteiger partial charge on any atom is 0.319 e. The van der Waals surface area contributed by atoms with Crippen molar-refractivity contribution < 1.29 is 9.53 Å². The van der Waals surface area contributed by atoms with Crippen LogP contribution in [0.3, 0.4) is 0 Å².